The Bertz CT molecular complexity index is 1630. The van der Waals surface area contributed by atoms with Gasteiger partial charge in [0.15, 0.2) is 0 Å². The molecule has 0 heterocycles. The predicted molar refractivity (Wildman–Crippen MR) is 166 cm³/mol. The van der Waals surface area contributed by atoms with Crippen LogP contribution in [0, 0.1) is 15.5 Å². The Labute approximate surface area is 259 Å². The van der Waals surface area contributed by atoms with E-state index in [0.29, 0.717) is 17.5 Å². The molecule has 0 unspecified atom stereocenters. The number of hydrogen-bond donors (Lipinski definition) is 6. The summed E-state index contributed by atoms with van der Waals surface area (Å²) in [5, 5.41) is 33.0. The van der Waals surface area contributed by atoms with Crippen LogP contribution in [0.5, 0.6) is 0 Å². The van der Waals surface area contributed by atoms with Gasteiger partial charge in [0.2, 0.25) is 21.8 Å². The number of benzene rings is 3. The second-order valence-electron chi connectivity index (χ2n) is 10.2. The van der Waals surface area contributed by atoms with Crippen molar-refractivity contribution >= 4 is 39.3 Å². The van der Waals surface area contributed by atoms with Gasteiger partial charge in [-0.15, -0.1) is 0 Å². The zero-order valence-corrected chi connectivity index (χ0v) is 25.0. The number of nitro groups is 1. The highest BCUT2D eigenvalue weighted by Crippen LogP contribution is 2.16. The summed E-state index contributed by atoms with van der Waals surface area (Å²) in [6.45, 7) is 0.0315. The van der Waals surface area contributed by atoms with Crippen LogP contribution in [0.4, 0.5) is 5.69 Å². The molecule has 0 fully saturated rings. The average molecular weight is 639 g/mol. The number of aliphatic carboxylic acids is 1. The molecule has 0 saturated heterocycles. The number of carboxylic acids is 1. The van der Waals surface area contributed by atoms with E-state index < -0.39 is 57.0 Å². The number of nitrogens with one attached hydrogen (secondary N) is 4. The minimum absolute atomic E-state index is 0.000217. The molecule has 0 saturated carbocycles. The van der Waals surface area contributed by atoms with E-state index >= 15 is 0 Å². The van der Waals surface area contributed by atoms with Crippen LogP contribution < -0.4 is 21.1 Å². The maximum Gasteiger partial charge on any atom is 0.303 e. The number of non-ortho nitro benzene ring substituents is 1. The average Bonchev–Trinajstić information content (AvgIpc) is 3.00. The van der Waals surface area contributed by atoms with Crippen molar-refractivity contribution in [3.63, 3.8) is 0 Å². The SMILES string of the molecule is N=C(N)c1ccc(CNC(=O)[C@@H](CCC(=O)O)NC(=O)[C@@H](CCc2ccccc2)NS(=O)(=O)Cc2cccc([N+](=O)[O-])c2)cc1. The van der Waals surface area contributed by atoms with Crippen molar-refractivity contribution < 1.29 is 32.8 Å². The molecule has 2 amide bonds. The smallest absolute Gasteiger partial charge is 0.303 e. The number of carbonyl (C=O) groups excluding carboxylic acids is 2. The minimum atomic E-state index is -4.22. The van der Waals surface area contributed by atoms with Crippen LogP contribution in [-0.2, 0) is 43.1 Å². The summed E-state index contributed by atoms with van der Waals surface area (Å²) in [5.74, 6) is -3.48. The van der Waals surface area contributed by atoms with Crippen LogP contribution in [0.25, 0.3) is 0 Å². The van der Waals surface area contributed by atoms with E-state index in [1.807, 2.05) is 0 Å². The summed E-state index contributed by atoms with van der Waals surface area (Å²) in [5.41, 5.74) is 7.28. The molecule has 3 aromatic carbocycles. The molecule has 0 aliphatic heterocycles. The molecule has 3 aromatic rings. The molecular weight excluding hydrogens is 604 g/mol. The van der Waals surface area contributed by atoms with Crippen LogP contribution in [0.2, 0.25) is 0 Å². The highest BCUT2D eigenvalue weighted by molar-refractivity contribution is 7.88. The predicted octanol–water partition coefficient (Wildman–Crippen LogP) is 1.97. The molecule has 0 bridgehead atoms. The van der Waals surface area contributed by atoms with E-state index in [4.69, 9.17) is 11.1 Å². The Morgan fingerprint density at radius 2 is 1.56 bits per heavy atom. The van der Waals surface area contributed by atoms with E-state index in [1.54, 1.807) is 54.6 Å². The van der Waals surface area contributed by atoms with Crippen molar-refractivity contribution in [3.8, 4) is 0 Å². The lowest BCUT2D eigenvalue weighted by atomic mass is 10.0. The summed E-state index contributed by atoms with van der Waals surface area (Å²) >= 11 is 0. The van der Waals surface area contributed by atoms with Crippen LogP contribution in [0.15, 0.2) is 78.9 Å². The number of rotatable bonds is 17. The molecule has 14 nitrogen and oxygen atoms in total. The summed E-state index contributed by atoms with van der Waals surface area (Å²) in [7, 11) is -4.22. The Morgan fingerprint density at radius 3 is 2.18 bits per heavy atom. The first-order valence-corrected chi connectivity index (χ1v) is 15.5. The molecule has 238 valence electrons. The number of amides is 2. The largest absolute Gasteiger partial charge is 0.481 e. The Kier molecular flexibility index (Phi) is 12.3. The molecule has 0 radical (unpaired) electrons. The third kappa shape index (κ3) is 11.5. The van der Waals surface area contributed by atoms with Gasteiger partial charge in [0.05, 0.1) is 10.7 Å². The summed E-state index contributed by atoms with van der Waals surface area (Å²) in [4.78, 5) is 48.3. The molecule has 45 heavy (non-hydrogen) atoms. The fraction of sp³-hybridized carbons (Fsp3) is 0.267. The van der Waals surface area contributed by atoms with Crippen molar-refractivity contribution in [2.24, 2.45) is 5.73 Å². The first kappa shape index (κ1) is 34.3. The zero-order valence-electron chi connectivity index (χ0n) is 24.1. The summed E-state index contributed by atoms with van der Waals surface area (Å²) < 4.78 is 28.6. The summed E-state index contributed by atoms with van der Waals surface area (Å²) in [6.07, 6.45) is -0.416. The molecule has 0 aliphatic carbocycles. The lowest BCUT2D eigenvalue weighted by molar-refractivity contribution is -0.384. The van der Waals surface area contributed by atoms with Crippen LogP contribution in [0.1, 0.15) is 41.5 Å². The van der Waals surface area contributed by atoms with Crippen LogP contribution >= 0.6 is 0 Å². The Balaban J connectivity index is 1.77. The van der Waals surface area contributed by atoms with Gasteiger partial charge in [0.25, 0.3) is 5.69 Å². The number of sulfonamides is 1. The minimum Gasteiger partial charge on any atom is -0.481 e. The third-order valence-corrected chi connectivity index (χ3v) is 8.05. The van der Waals surface area contributed by atoms with Gasteiger partial charge in [-0.05, 0) is 36.0 Å². The van der Waals surface area contributed by atoms with Gasteiger partial charge in [-0.2, -0.15) is 0 Å². The number of nitrogens with zero attached hydrogens (tertiary/aromatic N) is 1. The van der Waals surface area contributed by atoms with E-state index in [2.05, 4.69) is 15.4 Å². The van der Waals surface area contributed by atoms with Gasteiger partial charge >= 0.3 is 5.97 Å². The summed E-state index contributed by atoms with van der Waals surface area (Å²) in [6, 6.07) is 17.9. The number of nitro benzene ring substituents is 1. The first-order valence-electron chi connectivity index (χ1n) is 13.8. The monoisotopic (exact) mass is 638 g/mol. The van der Waals surface area contributed by atoms with Crippen molar-refractivity contribution in [2.45, 2.75) is 50.1 Å². The Hall–Kier alpha value is -5.15. The van der Waals surface area contributed by atoms with Gasteiger partial charge in [0, 0.05) is 30.7 Å². The normalized spacial score (nSPS) is 12.4. The molecule has 0 aliphatic rings. The lowest BCUT2D eigenvalue weighted by Crippen LogP contribution is -2.54. The quantitative estimate of drug-likeness (QED) is 0.0548. The topological polar surface area (TPSA) is 235 Å². The molecule has 7 N–H and O–H groups in total. The Morgan fingerprint density at radius 1 is 0.889 bits per heavy atom. The number of amidine groups is 1. The molecule has 15 heteroatoms. The molecule has 0 aromatic heterocycles. The molecule has 3 rings (SSSR count). The van der Waals surface area contributed by atoms with Gasteiger partial charge in [-0.1, -0.05) is 66.7 Å². The zero-order chi connectivity index (χ0) is 33.0. The number of hydrogen-bond acceptors (Lipinski definition) is 8. The number of nitrogens with two attached hydrogens (primary N) is 1. The molecule has 0 spiro atoms. The first-order chi connectivity index (χ1) is 21.3. The standard InChI is InChI=1S/C30H34N6O8S/c31-28(32)23-12-9-21(10-13-23)18-33-29(39)25(15-16-27(37)38)34-30(40)26(14-11-20-5-2-1-3-6-20)35-45(43,44)19-22-7-4-8-24(17-22)36(41)42/h1-10,12-13,17,25-26,35H,11,14-16,18-19H2,(H3,31,32)(H,33,39)(H,34,40)(H,37,38)/t25-,26-/m1/s1. The highest BCUT2D eigenvalue weighted by Gasteiger charge is 2.29. The van der Waals surface area contributed by atoms with Crippen LogP contribution in [0.3, 0.4) is 0 Å². The van der Waals surface area contributed by atoms with E-state index in [0.717, 1.165) is 11.6 Å². The van der Waals surface area contributed by atoms with Gasteiger partial charge < -0.3 is 21.5 Å². The van der Waals surface area contributed by atoms with Crippen molar-refractivity contribution in [1.82, 2.24) is 15.4 Å². The van der Waals surface area contributed by atoms with E-state index in [1.165, 1.54) is 18.2 Å². The fourth-order valence-corrected chi connectivity index (χ4v) is 5.72. The second kappa shape index (κ2) is 16.1. The number of carboxylic acid groups (broad SMARTS) is 1. The number of carbonyl (C=O) groups is 3. The van der Waals surface area contributed by atoms with Gasteiger partial charge in [-0.25, -0.2) is 13.1 Å². The maximum atomic E-state index is 13.5. The van der Waals surface area contributed by atoms with Crippen molar-refractivity contribution in [1.29, 1.82) is 5.41 Å². The molecule has 2 atom stereocenters. The van der Waals surface area contributed by atoms with Crippen molar-refractivity contribution in [3.05, 3.63) is 111 Å². The van der Waals surface area contributed by atoms with E-state index in [9.17, 15) is 38.0 Å². The highest BCUT2D eigenvalue weighted by atomic mass is 32.2. The fourth-order valence-electron chi connectivity index (χ4n) is 4.36. The van der Waals surface area contributed by atoms with Crippen molar-refractivity contribution in [2.75, 3.05) is 0 Å². The number of aryl methyl sites for hydroxylation is 1. The van der Waals surface area contributed by atoms with E-state index in [-0.39, 0.29) is 36.5 Å². The number of nitrogen functional groups attached to an aromatic ring is 1. The second-order valence-corrected chi connectivity index (χ2v) is 12.0. The van der Waals surface area contributed by atoms with Crippen LogP contribution in [-0.4, -0.2) is 54.2 Å². The van der Waals surface area contributed by atoms with Gasteiger partial charge in [0.1, 0.15) is 17.9 Å². The lowest BCUT2D eigenvalue weighted by Gasteiger charge is -2.23. The maximum absolute atomic E-state index is 13.5. The molecular formula is C30H34N6O8S. The van der Waals surface area contributed by atoms with Gasteiger partial charge in [-0.3, -0.25) is 29.9 Å². The third-order valence-electron chi connectivity index (χ3n) is 6.69.